The molecule has 0 radical (unpaired) electrons. The summed E-state index contributed by atoms with van der Waals surface area (Å²) in [7, 11) is 3.13. The Kier molecular flexibility index (Phi) is 5.54. The molecule has 0 unspecified atom stereocenters. The maximum atomic E-state index is 5.63. The number of aryl methyl sites for hydroxylation is 1. The third-order valence-electron chi connectivity index (χ3n) is 2.88. The minimum Gasteiger partial charge on any atom is -0.495 e. The standard InChI is InChI=1S/C8H12N2O.C7H10N2O/c1-5-3-7(10)8(11-2)4-6(5)9;1-10-7-4-5(8)2-3-6(7)9/h3-4H,9-10H2,1-2H3;2-4H,8-9H2,1H3. The first kappa shape index (κ1) is 16.3. The Balaban J connectivity index is 0.000000211. The normalized spacial score (nSPS) is 9.48. The van der Waals surface area contributed by atoms with Crippen molar-refractivity contribution in [2.45, 2.75) is 6.92 Å². The molecule has 0 heterocycles. The molecule has 0 aliphatic rings. The molecule has 0 saturated heterocycles. The van der Waals surface area contributed by atoms with Crippen molar-refractivity contribution in [1.82, 2.24) is 0 Å². The molecule has 0 bridgehead atoms. The molecule has 0 aromatic heterocycles. The second-order valence-electron chi connectivity index (χ2n) is 4.45. The Hall–Kier alpha value is -2.76. The topological polar surface area (TPSA) is 123 Å². The summed E-state index contributed by atoms with van der Waals surface area (Å²) in [4.78, 5) is 0. The van der Waals surface area contributed by atoms with Gasteiger partial charge in [-0.1, -0.05) is 0 Å². The molecule has 2 rings (SSSR count). The van der Waals surface area contributed by atoms with Crippen LogP contribution in [0.4, 0.5) is 22.7 Å². The second-order valence-corrected chi connectivity index (χ2v) is 4.45. The Bertz CT molecular complexity index is 615. The maximum Gasteiger partial charge on any atom is 0.143 e. The quantitative estimate of drug-likeness (QED) is 0.628. The largest absolute Gasteiger partial charge is 0.495 e. The maximum absolute atomic E-state index is 5.63. The first-order valence-electron chi connectivity index (χ1n) is 6.27. The van der Waals surface area contributed by atoms with E-state index < -0.39 is 0 Å². The number of methoxy groups -OCH3 is 2. The molecule has 114 valence electrons. The third-order valence-corrected chi connectivity index (χ3v) is 2.88. The van der Waals surface area contributed by atoms with E-state index >= 15 is 0 Å². The fourth-order valence-electron chi connectivity index (χ4n) is 1.63. The van der Waals surface area contributed by atoms with Crippen molar-refractivity contribution < 1.29 is 9.47 Å². The molecule has 0 amide bonds. The molecular formula is C15H22N4O2. The Morgan fingerprint density at radius 3 is 1.81 bits per heavy atom. The molecule has 21 heavy (non-hydrogen) atoms. The lowest BCUT2D eigenvalue weighted by Crippen LogP contribution is -1.96. The number of nitrogen functional groups attached to an aromatic ring is 4. The van der Waals surface area contributed by atoms with Crippen molar-refractivity contribution >= 4 is 22.7 Å². The Labute approximate surface area is 124 Å². The van der Waals surface area contributed by atoms with Crippen LogP contribution in [0.25, 0.3) is 0 Å². The third kappa shape index (κ3) is 4.38. The Morgan fingerprint density at radius 2 is 1.29 bits per heavy atom. The minimum atomic E-state index is 0.608. The number of rotatable bonds is 2. The van der Waals surface area contributed by atoms with Gasteiger partial charge in [-0.2, -0.15) is 0 Å². The predicted molar refractivity (Wildman–Crippen MR) is 88.4 cm³/mol. The highest BCUT2D eigenvalue weighted by Gasteiger charge is 2.01. The summed E-state index contributed by atoms with van der Waals surface area (Å²) in [5, 5.41) is 0. The van der Waals surface area contributed by atoms with Crippen molar-refractivity contribution in [1.29, 1.82) is 0 Å². The molecule has 6 heteroatoms. The van der Waals surface area contributed by atoms with Crippen LogP contribution in [-0.2, 0) is 0 Å². The van der Waals surface area contributed by atoms with Gasteiger partial charge in [0.2, 0.25) is 0 Å². The van der Waals surface area contributed by atoms with Gasteiger partial charge in [-0.15, -0.1) is 0 Å². The van der Waals surface area contributed by atoms with Gasteiger partial charge in [0.1, 0.15) is 11.5 Å². The average Bonchev–Trinajstić information content (AvgIpc) is 2.46. The van der Waals surface area contributed by atoms with Crippen molar-refractivity contribution in [3.63, 3.8) is 0 Å². The molecule has 0 atom stereocenters. The van der Waals surface area contributed by atoms with Gasteiger partial charge in [0.25, 0.3) is 0 Å². The second kappa shape index (κ2) is 7.14. The van der Waals surface area contributed by atoms with E-state index in [0.717, 1.165) is 5.56 Å². The van der Waals surface area contributed by atoms with Gasteiger partial charge in [-0.3, -0.25) is 0 Å². The number of hydrogen-bond donors (Lipinski definition) is 4. The minimum absolute atomic E-state index is 0.608. The van der Waals surface area contributed by atoms with Crippen molar-refractivity contribution in [3.05, 3.63) is 35.9 Å². The van der Waals surface area contributed by atoms with Gasteiger partial charge in [0.15, 0.2) is 0 Å². The van der Waals surface area contributed by atoms with E-state index in [-0.39, 0.29) is 0 Å². The summed E-state index contributed by atoms with van der Waals surface area (Å²) < 4.78 is 9.90. The van der Waals surface area contributed by atoms with Gasteiger partial charge in [0.05, 0.1) is 25.6 Å². The number of hydrogen-bond acceptors (Lipinski definition) is 6. The number of nitrogens with two attached hydrogens (primary N) is 4. The lowest BCUT2D eigenvalue weighted by molar-refractivity contribution is 0.417. The fourth-order valence-corrected chi connectivity index (χ4v) is 1.63. The van der Waals surface area contributed by atoms with Crippen LogP contribution in [0.1, 0.15) is 5.56 Å². The smallest absolute Gasteiger partial charge is 0.143 e. The first-order chi connectivity index (χ1) is 9.88. The molecule has 0 spiro atoms. The fraction of sp³-hybridized carbons (Fsp3) is 0.200. The molecule has 0 aliphatic heterocycles. The van der Waals surface area contributed by atoms with Crippen LogP contribution in [0.15, 0.2) is 30.3 Å². The van der Waals surface area contributed by atoms with Crippen molar-refractivity contribution in [2.75, 3.05) is 37.2 Å². The molecule has 2 aromatic carbocycles. The predicted octanol–water partition coefficient (Wildman–Crippen LogP) is 2.03. The summed E-state index contributed by atoms with van der Waals surface area (Å²) in [6, 6.07) is 8.67. The number of ether oxygens (including phenoxy) is 2. The molecular weight excluding hydrogens is 268 g/mol. The highest BCUT2D eigenvalue weighted by Crippen LogP contribution is 2.26. The van der Waals surface area contributed by atoms with Crippen molar-refractivity contribution in [3.8, 4) is 11.5 Å². The zero-order valence-corrected chi connectivity index (χ0v) is 12.5. The first-order valence-corrected chi connectivity index (χ1v) is 6.27. The zero-order chi connectivity index (χ0) is 16.0. The van der Waals surface area contributed by atoms with Gasteiger partial charge in [0, 0.05) is 23.5 Å². The van der Waals surface area contributed by atoms with Gasteiger partial charge < -0.3 is 32.4 Å². The van der Waals surface area contributed by atoms with E-state index in [1.54, 1.807) is 44.6 Å². The number of anilines is 4. The van der Waals surface area contributed by atoms with Gasteiger partial charge in [-0.25, -0.2) is 0 Å². The van der Waals surface area contributed by atoms with Gasteiger partial charge in [-0.05, 0) is 30.7 Å². The summed E-state index contributed by atoms with van der Waals surface area (Å²) in [5.74, 6) is 1.26. The SMILES string of the molecule is COc1cc(N)c(C)cc1N.COc1cc(N)ccc1N. The summed E-state index contributed by atoms with van der Waals surface area (Å²) in [5.41, 5.74) is 25.8. The van der Waals surface area contributed by atoms with Crippen LogP contribution in [-0.4, -0.2) is 14.2 Å². The van der Waals surface area contributed by atoms with Crippen LogP contribution in [0.2, 0.25) is 0 Å². The van der Waals surface area contributed by atoms with Crippen LogP contribution < -0.4 is 32.4 Å². The van der Waals surface area contributed by atoms with E-state index in [9.17, 15) is 0 Å². The lowest BCUT2D eigenvalue weighted by Gasteiger charge is -2.06. The molecule has 0 aliphatic carbocycles. The van der Waals surface area contributed by atoms with Crippen LogP contribution >= 0.6 is 0 Å². The molecule has 8 N–H and O–H groups in total. The van der Waals surface area contributed by atoms with Crippen LogP contribution in [0.3, 0.4) is 0 Å². The zero-order valence-electron chi connectivity index (χ0n) is 12.5. The Morgan fingerprint density at radius 1 is 0.714 bits per heavy atom. The summed E-state index contributed by atoms with van der Waals surface area (Å²) >= 11 is 0. The van der Waals surface area contributed by atoms with Crippen LogP contribution in [0, 0.1) is 6.92 Å². The van der Waals surface area contributed by atoms with Crippen molar-refractivity contribution in [2.24, 2.45) is 0 Å². The molecule has 6 nitrogen and oxygen atoms in total. The average molecular weight is 290 g/mol. The van der Waals surface area contributed by atoms with E-state index in [1.807, 2.05) is 6.92 Å². The van der Waals surface area contributed by atoms with Gasteiger partial charge >= 0.3 is 0 Å². The summed E-state index contributed by atoms with van der Waals surface area (Å²) in [6.45, 7) is 1.91. The highest BCUT2D eigenvalue weighted by atomic mass is 16.5. The molecule has 0 fully saturated rings. The number of benzene rings is 2. The van der Waals surface area contributed by atoms with E-state index in [4.69, 9.17) is 32.4 Å². The molecule has 0 saturated carbocycles. The summed E-state index contributed by atoms with van der Waals surface area (Å²) in [6.07, 6.45) is 0. The highest BCUT2D eigenvalue weighted by molar-refractivity contribution is 5.63. The lowest BCUT2D eigenvalue weighted by atomic mass is 10.2. The van der Waals surface area contributed by atoms with E-state index in [2.05, 4.69) is 0 Å². The van der Waals surface area contributed by atoms with E-state index in [1.165, 1.54) is 0 Å². The monoisotopic (exact) mass is 290 g/mol. The van der Waals surface area contributed by atoms with Crippen LogP contribution in [0.5, 0.6) is 11.5 Å². The van der Waals surface area contributed by atoms with E-state index in [0.29, 0.717) is 34.2 Å². The molecule has 2 aromatic rings.